The Bertz CT molecular complexity index is 693. The highest BCUT2D eigenvalue weighted by Crippen LogP contribution is 2.22. The van der Waals surface area contributed by atoms with Crippen LogP contribution in [-0.4, -0.2) is 29.6 Å². The van der Waals surface area contributed by atoms with Gasteiger partial charge in [-0.3, -0.25) is 9.59 Å². The van der Waals surface area contributed by atoms with Crippen molar-refractivity contribution < 1.29 is 23.5 Å². The molecule has 0 saturated carbocycles. The highest BCUT2D eigenvalue weighted by atomic mass is 35.5. The Kier molecular flexibility index (Phi) is 5.28. The summed E-state index contributed by atoms with van der Waals surface area (Å²) in [4.78, 5) is 34.7. The third-order valence-corrected chi connectivity index (χ3v) is 3.29. The fraction of sp³-hybridized carbons (Fsp3) is 0.286. The van der Waals surface area contributed by atoms with Crippen LogP contribution in [0.25, 0.3) is 0 Å². The molecule has 0 saturated heterocycles. The van der Waals surface area contributed by atoms with E-state index in [1.807, 2.05) is 0 Å². The van der Waals surface area contributed by atoms with Crippen molar-refractivity contribution >= 4 is 40.8 Å². The van der Waals surface area contributed by atoms with Gasteiger partial charge in [0.1, 0.15) is 11.5 Å². The van der Waals surface area contributed by atoms with Gasteiger partial charge in [-0.25, -0.2) is 14.6 Å². The number of anilines is 1. The lowest BCUT2D eigenvalue weighted by Crippen LogP contribution is -2.35. The Hall–Kier alpha value is -2.48. The summed E-state index contributed by atoms with van der Waals surface area (Å²) in [5, 5.41) is 6.03. The zero-order valence-corrected chi connectivity index (χ0v) is 12.8. The number of ether oxygens (including phenoxy) is 1. The SMILES string of the molecule is C[C@H](OC(=O)C1=NNC(=O)CC1)C(=O)Nc1ccc(F)cc1Cl. The van der Waals surface area contributed by atoms with Gasteiger partial charge in [-0.1, -0.05) is 11.6 Å². The summed E-state index contributed by atoms with van der Waals surface area (Å²) in [7, 11) is 0. The van der Waals surface area contributed by atoms with Gasteiger partial charge in [0.15, 0.2) is 6.10 Å². The van der Waals surface area contributed by atoms with Crippen molar-refractivity contribution in [3.05, 3.63) is 29.0 Å². The summed E-state index contributed by atoms with van der Waals surface area (Å²) in [6, 6.07) is 3.48. The van der Waals surface area contributed by atoms with Crippen LogP contribution in [0.4, 0.5) is 10.1 Å². The third-order valence-electron chi connectivity index (χ3n) is 2.98. The van der Waals surface area contributed by atoms with Crippen LogP contribution in [0.2, 0.25) is 5.02 Å². The standard InChI is InChI=1S/C14H13ClFN3O4/c1-7(23-14(22)11-4-5-12(20)19-18-11)13(21)17-10-3-2-8(16)6-9(10)15/h2-3,6-7H,4-5H2,1H3,(H,17,21)(H,19,20)/t7-/m0/s1. The number of nitrogens with one attached hydrogen (secondary N) is 2. The molecule has 1 aliphatic heterocycles. The van der Waals surface area contributed by atoms with Gasteiger partial charge in [0.2, 0.25) is 5.91 Å². The number of carbonyl (C=O) groups excluding carboxylic acids is 3. The highest BCUT2D eigenvalue weighted by molar-refractivity contribution is 6.37. The highest BCUT2D eigenvalue weighted by Gasteiger charge is 2.24. The van der Waals surface area contributed by atoms with Gasteiger partial charge in [-0.05, 0) is 25.1 Å². The van der Waals surface area contributed by atoms with E-state index in [0.29, 0.717) is 0 Å². The number of nitrogens with zero attached hydrogens (tertiary/aromatic N) is 1. The molecule has 0 aliphatic carbocycles. The molecule has 1 atom stereocenters. The molecule has 0 unspecified atom stereocenters. The number of esters is 1. The zero-order chi connectivity index (χ0) is 17.0. The van der Waals surface area contributed by atoms with E-state index in [1.54, 1.807) is 0 Å². The van der Waals surface area contributed by atoms with Gasteiger partial charge in [0.05, 0.1) is 10.7 Å². The average molecular weight is 342 g/mol. The second kappa shape index (κ2) is 7.19. The van der Waals surface area contributed by atoms with Crippen LogP contribution < -0.4 is 10.7 Å². The molecule has 0 radical (unpaired) electrons. The molecule has 122 valence electrons. The minimum Gasteiger partial charge on any atom is -0.448 e. The lowest BCUT2D eigenvalue weighted by atomic mass is 10.2. The van der Waals surface area contributed by atoms with Crippen LogP contribution in [0.5, 0.6) is 0 Å². The first-order chi connectivity index (χ1) is 10.9. The van der Waals surface area contributed by atoms with Crippen LogP contribution in [0.15, 0.2) is 23.3 Å². The molecule has 1 aliphatic rings. The summed E-state index contributed by atoms with van der Waals surface area (Å²) < 4.78 is 17.9. The Balaban J connectivity index is 1.94. The normalized spacial score (nSPS) is 15.3. The number of hydrogen-bond acceptors (Lipinski definition) is 5. The largest absolute Gasteiger partial charge is 0.448 e. The Morgan fingerprint density at radius 2 is 2.17 bits per heavy atom. The smallest absolute Gasteiger partial charge is 0.355 e. The minimum atomic E-state index is -1.12. The zero-order valence-electron chi connectivity index (χ0n) is 12.1. The van der Waals surface area contributed by atoms with Gasteiger partial charge in [0.25, 0.3) is 5.91 Å². The lowest BCUT2D eigenvalue weighted by molar-refractivity contribution is -0.146. The Labute approximate surface area is 135 Å². The monoisotopic (exact) mass is 341 g/mol. The van der Waals surface area contributed by atoms with E-state index in [-0.39, 0.29) is 35.2 Å². The van der Waals surface area contributed by atoms with Crippen LogP contribution in [0, 0.1) is 5.82 Å². The number of carbonyl (C=O) groups is 3. The summed E-state index contributed by atoms with van der Waals surface area (Å²) in [5.41, 5.74) is 2.39. The van der Waals surface area contributed by atoms with E-state index in [4.69, 9.17) is 16.3 Å². The van der Waals surface area contributed by atoms with Crippen LogP contribution in [0.3, 0.4) is 0 Å². The maximum Gasteiger partial charge on any atom is 0.355 e. The van der Waals surface area contributed by atoms with Gasteiger partial charge in [-0.2, -0.15) is 5.10 Å². The summed E-state index contributed by atoms with van der Waals surface area (Å²) in [6.45, 7) is 1.37. The molecule has 7 nitrogen and oxygen atoms in total. The summed E-state index contributed by atoms with van der Waals surface area (Å²) in [5.74, 6) is -2.26. The predicted octanol–water partition coefficient (Wildman–Crippen LogP) is 1.62. The maximum atomic E-state index is 12.9. The number of hydrogen-bond donors (Lipinski definition) is 2. The van der Waals surface area contributed by atoms with Gasteiger partial charge < -0.3 is 10.1 Å². The summed E-state index contributed by atoms with van der Waals surface area (Å²) in [6.07, 6.45) is -0.855. The van der Waals surface area contributed by atoms with E-state index in [9.17, 15) is 18.8 Å². The third kappa shape index (κ3) is 4.49. The molecular weight excluding hydrogens is 329 g/mol. The number of amides is 2. The molecule has 1 aromatic carbocycles. The molecule has 23 heavy (non-hydrogen) atoms. The van der Waals surface area contributed by atoms with E-state index in [0.717, 1.165) is 12.1 Å². The topological polar surface area (TPSA) is 96.9 Å². The Morgan fingerprint density at radius 1 is 1.43 bits per heavy atom. The molecule has 0 aromatic heterocycles. The number of hydrazone groups is 1. The van der Waals surface area contributed by atoms with Crippen molar-refractivity contribution in [1.29, 1.82) is 0 Å². The van der Waals surface area contributed by atoms with Crippen LogP contribution in [-0.2, 0) is 19.1 Å². The van der Waals surface area contributed by atoms with Gasteiger partial charge >= 0.3 is 5.97 Å². The lowest BCUT2D eigenvalue weighted by Gasteiger charge is -2.16. The van der Waals surface area contributed by atoms with E-state index < -0.39 is 23.8 Å². The van der Waals surface area contributed by atoms with E-state index in [1.165, 1.54) is 13.0 Å². The van der Waals surface area contributed by atoms with Crippen molar-refractivity contribution in [3.8, 4) is 0 Å². The van der Waals surface area contributed by atoms with Gasteiger partial charge in [-0.15, -0.1) is 0 Å². The minimum absolute atomic E-state index is 0.0243. The van der Waals surface area contributed by atoms with E-state index in [2.05, 4.69) is 15.8 Å². The molecule has 1 heterocycles. The molecule has 2 amide bonds. The van der Waals surface area contributed by atoms with Crippen LogP contribution in [0.1, 0.15) is 19.8 Å². The molecule has 0 bridgehead atoms. The summed E-state index contributed by atoms with van der Waals surface area (Å²) >= 11 is 5.80. The fourth-order valence-electron chi connectivity index (χ4n) is 1.73. The van der Waals surface area contributed by atoms with Gasteiger partial charge in [0, 0.05) is 12.8 Å². The predicted molar refractivity (Wildman–Crippen MR) is 80.4 cm³/mol. The number of rotatable bonds is 4. The Morgan fingerprint density at radius 3 is 2.78 bits per heavy atom. The maximum absolute atomic E-state index is 12.9. The first-order valence-electron chi connectivity index (χ1n) is 6.69. The van der Waals surface area contributed by atoms with Crippen molar-refractivity contribution in [2.24, 2.45) is 5.10 Å². The fourth-order valence-corrected chi connectivity index (χ4v) is 1.94. The molecule has 2 rings (SSSR count). The number of benzene rings is 1. The van der Waals surface area contributed by atoms with Crippen molar-refractivity contribution in [2.75, 3.05) is 5.32 Å². The van der Waals surface area contributed by atoms with Crippen molar-refractivity contribution in [1.82, 2.24) is 5.43 Å². The molecule has 0 spiro atoms. The molecular formula is C14H13ClFN3O4. The average Bonchev–Trinajstić information content (AvgIpc) is 2.50. The number of halogens is 2. The molecule has 9 heteroatoms. The molecule has 2 N–H and O–H groups in total. The molecule has 0 fully saturated rings. The van der Waals surface area contributed by atoms with Crippen molar-refractivity contribution in [3.63, 3.8) is 0 Å². The second-order valence-corrected chi connectivity index (χ2v) is 5.16. The second-order valence-electron chi connectivity index (χ2n) is 4.75. The first kappa shape index (κ1) is 16.9. The van der Waals surface area contributed by atoms with Crippen LogP contribution >= 0.6 is 11.6 Å². The first-order valence-corrected chi connectivity index (χ1v) is 7.07. The van der Waals surface area contributed by atoms with Crippen molar-refractivity contribution in [2.45, 2.75) is 25.9 Å². The molecule has 1 aromatic rings. The van der Waals surface area contributed by atoms with E-state index >= 15 is 0 Å². The quantitative estimate of drug-likeness (QED) is 0.813.